The predicted octanol–water partition coefficient (Wildman–Crippen LogP) is 23.1. The lowest BCUT2D eigenvalue weighted by molar-refractivity contribution is 0.590. The SMILES string of the molecule is [2H]c1c([2H])c([2H])c(-c2ccc3c(c2)N(c2c(-c4ccccc4)cc(C(C)(C)C)cc2-c2ccccc2)c2cc(-c4cccc5c4c4ccccc4n5-c4ccccc4)cc4c2B3c2ccc(-c3c([2H])c([2H])c([2H])c([2H])c3[2H])cc2N4c2c(-c3ccccc3)cc(C(C)(C)C)cc2-c2ccccc2)c([2H])c1[2H]. The van der Waals surface area contributed by atoms with E-state index >= 15 is 0 Å². The van der Waals surface area contributed by atoms with Crippen LogP contribution in [0.3, 0.4) is 0 Å². The second-order valence-corrected chi connectivity index (χ2v) is 27.3. The van der Waals surface area contributed by atoms with Crippen molar-refractivity contribution in [2.24, 2.45) is 0 Å². The molecule has 4 heteroatoms. The highest BCUT2D eigenvalue weighted by molar-refractivity contribution is 7.00. The van der Waals surface area contributed by atoms with Gasteiger partial charge in [-0.2, -0.15) is 0 Å². The number of nitrogens with zero attached hydrogens (tertiary/aromatic N) is 3. The molecule has 0 fully saturated rings. The molecule has 17 rings (SSSR count). The minimum Gasteiger partial charge on any atom is -0.310 e. The number of para-hydroxylation sites is 2. The van der Waals surface area contributed by atoms with Gasteiger partial charge in [-0.05, 0) is 167 Å². The van der Waals surface area contributed by atoms with E-state index in [1.165, 1.54) is 0 Å². The predicted molar refractivity (Wildman–Crippen MR) is 410 cm³/mol. The van der Waals surface area contributed by atoms with Crippen LogP contribution >= 0.6 is 0 Å². The largest absolute Gasteiger partial charge is 0.310 e. The number of anilines is 6. The molecule has 0 saturated carbocycles. The van der Waals surface area contributed by atoms with Crippen LogP contribution in [0, 0.1) is 0 Å². The molecule has 458 valence electrons. The van der Waals surface area contributed by atoms with Crippen LogP contribution in [0.4, 0.5) is 34.1 Å². The number of rotatable bonds is 10. The molecular weight excluding hydrogens is 1160 g/mol. The topological polar surface area (TPSA) is 11.4 Å². The van der Waals surface area contributed by atoms with Gasteiger partial charge in [-0.25, -0.2) is 0 Å². The first-order valence-electron chi connectivity index (χ1n) is 37.9. The van der Waals surface area contributed by atoms with E-state index in [4.69, 9.17) is 8.22 Å². The maximum Gasteiger partial charge on any atom is 0.252 e. The van der Waals surface area contributed by atoms with E-state index in [9.17, 15) is 5.48 Å². The van der Waals surface area contributed by atoms with E-state index in [1.54, 1.807) is 0 Å². The van der Waals surface area contributed by atoms with Gasteiger partial charge in [0.1, 0.15) is 0 Å². The average Bonchev–Trinajstić information content (AvgIpc) is 0.778. The summed E-state index contributed by atoms with van der Waals surface area (Å²) in [5.41, 5.74) is 22.2. The Labute approximate surface area is 578 Å². The molecule has 3 nitrogen and oxygen atoms in total. The van der Waals surface area contributed by atoms with Gasteiger partial charge in [0.25, 0.3) is 6.71 Å². The Morgan fingerprint density at radius 3 is 1.09 bits per heavy atom. The van der Waals surface area contributed by atoms with Crippen molar-refractivity contribution >= 4 is 79.0 Å². The zero-order valence-electron chi connectivity index (χ0n) is 64.3. The lowest BCUT2D eigenvalue weighted by atomic mass is 9.33. The molecule has 0 spiro atoms. The van der Waals surface area contributed by atoms with Crippen molar-refractivity contribution in [3.63, 3.8) is 0 Å². The van der Waals surface area contributed by atoms with Gasteiger partial charge in [-0.15, -0.1) is 0 Å². The fourth-order valence-electron chi connectivity index (χ4n) is 14.8. The number of aromatic nitrogens is 1. The molecule has 0 amide bonds. The minimum atomic E-state index is -0.640. The maximum atomic E-state index is 9.65. The molecule has 96 heavy (non-hydrogen) atoms. The Morgan fingerprint density at radius 1 is 0.302 bits per heavy atom. The van der Waals surface area contributed by atoms with E-state index in [-0.39, 0.29) is 46.1 Å². The van der Waals surface area contributed by atoms with Gasteiger partial charge < -0.3 is 14.4 Å². The molecule has 0 bridgehead atoms. The molecule has 0 aliphatic carbocycles. The van der Waals surface area contributed by atoms with Gasteiger partial charge in [0.05, 0.1) is 36.1 Å². The third-order valence-electron chi connectivity index (χ3n) is 19.4. The Bertz CT molecular complexity index is 5640. The van der Waals surface area contributed by atoms with Gasteiger partial charge in [-0.1, -0.05) is 296 Å². The van der Waals surface area contributed by atoms with Gasteiger partial charge >= 0.3 is 0 Å². The van der Waals surface area contributed by atoms with Crippen molar-refractivity contribution in [3.8, 4) is 83.6 Å². The van der Waals surface area contributed by atoms with Crippen LogP contribution in [0.2, 0.25) is 0 Å². The average molecular weight is 1240 g/mol. The lowest BCUT2D eigenvalue weighted by Gasteiger charge is -2.46. The molecule has 2 aliphatic heterocycles. The first kappa shape index (κ1) is 48.3. The van der Waals surface area contributed by atoms with E-state index in [2.05, 4.69) is 268 Å². The van der Waals surface area contributed by atoms with E-state index in [0.717, 1.165) is 133 Å². The van der Waals surface area contributed by atoms with Crippen LogP contribution in [-0.4, -0.2) is 11.3 Å². The zero-order valence-corrected chi connectivity index (χ0v) is 54.3. The van der Waals surface area contributed by atoms with Crippen molar-refractivity contribution in [2.45, 2.75) is 52.4 Å². The summed E-state index contributed by atoms with van der Waals surface area (Å²) in [7, 11) is 0. The quantitative estimate of drug-likeness (QED) is 0.126. The molecule has 0 radical (unpaired) electrons. The maximum absolute atomic E-state index is 9.65. The second kappa shape index (κ2) is 23.2. The Kier molecular flexibility index (Phi) is 11.7. The van der Waals surface area contributed by atoms with E-state index in [1.807, 2.05) is 54.6 Å². The summed E-state index contributed by atoms with van der Waals surface area (Å²) >= 11 is 0. The van der Waals surface area contributed by atoms with Crippen molar-refractivity contribution in [2.75, 3.05) is 9.80 Å². The highest BCUT2D eigenvalue weighted by Gasteiger charge is 2.46. The monoisotopic (exact) mass is 1240 g/mol. The fourth-order valence-corrected chi connectivity index (χ4v) is 14.8. The summed E-state index contributed by atoms with van der Waals surface area (Å²) in [5.74, 6) is 0. The van der Waals surface area contributed by atoms with Crippen molar-refractivity contribution in [1.29, 1.82) is 0 Å². The van der Waals surface area contributed by atoms with Crippen LogP contribution in [0.15, 0.2) is 327 Å². The van der Waals surface area contributed by atoms with E-state index < -0.39 is 43.0 Å². The molecule has 14 aromatic carbocycles. The van der Waals surface area contributed by atoms with Crippen LogP contribution in [0.5, 0.6) is 0 Å². The highest BCUT2D eigenvalue weighted by Crippen LogP contribution is 2.56. The van der Waals surface area contributed by atoms with Gasteiger partial charge in [0, 0.05) is 61.5 Å². The molecule has 15 aromatic rings. The molecule has 3 heterocycles. The van der Waals surface area contributed by atoms with Crippen molar-refractivity contribution in [1.82, 2.24) is 4.57 Å². The van der Waals surface area contributed by atoms with Crippen LogP contribution in [-0.2, 0) is 10.8 Å². The smallest absolute Gasteiger partial charge is 0.252 e. The molecule has 0 atom stereocenters. The van der Waals surface area contributed by atoms with Crippen molar-refractivity contribution in [3.05, 3.63) is 338 Å². The molecule has 0 N–H and O–H groups in total. The number of fused-ring (bicyclic) bond motifs is 7. The first-order chi connectivity index (χ1) is 51.1. The van der Waals surface area contributed by atoms with Gasteiger partial charge in [-0.3, -0.25) is 0 Å². The van der Waals surface area contributed by atoms with Crippen LogP contribution in [0.25, 0.3) is 105 Å². The first-order valence-corrected chi connectivity index (χ1v) is 32.9. The van der Waals surface area contributed by atoms with Crippen molar-refractivity contribution < 1.29 is 13.7 Å². The Hall–Kier alpha value is -11.5. The Morgan fingerprint density at radius 2 is 0.677 bits per heavy atom. The molecule has 2 aliphatic rings. The fraction of sp³-hybridized carbons (Fsp3) is 0.0870. The standard InChI is InChI=1S/C92H72BN3/c1-91(2,3)70-57-75(63-35-18-9-19-36-63)89(76(58-70)64-37-20-10-21-38-64)95-83-53-67(61-31-14-7-15-32-61)49-51-79(83)93-80-52-50-68(62-33-16-8-17-34-62)54-84(80)96(90-77(65-39-22-11-23-40-65)59-71(92(4,5)6)60-78(90)66-41-24-12-25-42-66)86-56-69(55-85(95)88(86)93)73-46-30-48-82-87(73)74-45-28-29-47-81(74)94(82)72-43-26-13-27-44-72/h7-60H,1-6H3/i7D,8D,14D,15D,16D,17D,31D,32D,33D,34D. The highest BCUT2D eigenvalue weighted by atomic mass is 15.2. The summed E-state index contributed by atoms with van der Waals surface area (Å²) in [6.07, 6.45) is 0. The third-order valence-corrected chi connectivity index (χ3v) is 19.4. The number of hydrogen-bond acceptors (Lipinski definition) is 2. The second-order valence-electron chi connectivity index (χ2n) is 27.3. The summed E-state index contributed by atoms with van der Waals surface area (Å²) in [6.45, 7) is 12.8. The summed E-state index contributed by atoms with van der Waals surface area (Å²) in [6, 6.07) is 89.5. The Balaban J connectivity index is 1.12. The lowest BCUT2D eigenvalue weighted by Crippen LogP contribution is -2.61. The van der Waals surface area contributed by atoms with Gasteiger partial charge in [0.2, 0.25) is 0 Å². The molecule has 1 aromatic heterocycles. The summed E-state index contributed by atoms with van der Waals surface area (Å²) < 4.78 is 95.1. The van der Waals surface area contributed by atoms with Gasteiger partial charge in [0.15, 0.2) is 0 Å². The molecule has 0 unspecified atom stereocenters. The number of hydrogen-bond donors (Lipinski definition) is 0. The zero-order chi connectivity index (χ0) is 73.5. The minimum absolute atomic E-state index is 0.0594. The summed E-state index contributed by atoms with van der Waals surface area (Å²) in [4.78, 5) is 4.81. The van der Waals surface area contributed by atoms with Crippen LogP contribution < -0.4 is 26.2 Å². The van der Waals surface area contributed by atoms with E-state index in [0.29, 0.717) is 22.5 Å². The third kappa shape index (κ3) is 9.89. The normalized spacial score (nSPS) is 14.1. The summed E-state index contributed by atoms with van der Waals surface area (Å²) in [5, 5.41) is 2.07. The molecular formula is C92H72BN3. The van der Waals surface area contributed by atoms with Crippen LogP contribution in [0.1, 0.15) is 66.4 Å². The number of benzene rings is 14. The molecule has 0 saturated heterocycles.